The van der Waals surface area contributed by atoms with Gasteiger partial charge < -0.3 is 10.1 Å². The Kier molecular flexibility index (Phi) is 4.43. The van der Waals surface area contributed by atoms with Crippen molar-refractivity contribution in [3.05, 3.63) is 29.3 Å². The van der Waals surface area contributed by atoms with Crippen molar-refractivity contribution in [1.82, 2.24) is 5.32 Å². The normalized spacial score (nSPS) is 25.1. The zero-order valence-electron chi connectivity index (χ0n) is 13.8. The molecule has 20 heavy (non-hydrogen) atoms. The summed E-state index contributed by atoms with van der Waals surface area (Å²) >= 11 is 0. The minimum atomic E-state index is 0.277. The van der Waals surface area contributed by atoms with Crippen molar-refractivity contribution in [3.8, 4) is 5.75 Å². The lowest BCUT2D eigenvalue weighted by molar-refractivity contribution is 0.146. The van der Waals surface area contributed by atoms with Gasteiger partial charge in [0, 0.05) is 6.04 Å². The molecular weight excluding hydrogens is 246 g/mol. The lowest BCUT2D eigenvalue weighted by atomic mass is 9.87. The highest BCUT2D eigenvalue weighted by atomic mass is 16.5. The van der Waals surface area contributed by atoms with E-state index in [4.69, 9.17) is 4.74 Å². The summed E-state index contributed by atoms with van der Waals surface area (Å²) in [5.41, 5.74) is 3.05. The average molecular weight is 275 g/mol. The maximum Gasteiger partial charge on any atom is 0.120 e. The van der Waals surface area contributed by atoms with Gasteiger partial charge in [0.1, 0.15) is 11.9 Å². The standard InChI is InChI=1S/C18H29NO/c1-12(2)15-8-7-14(11-13(15)3)20-16-9-10-18(4,5)17(16)19-6/h7-8,11-12,16-17,19H,9-10H2,1-6H3. The van der Waals surface area contributed by atoms with Gasteiger partial charge in [-0.3, -0.25) is 0 Å². The summed E-state index contributed by atoms with van der Waals surface area (Å²) in [6, 6.07) is 6.95. The second-order valence-corrected chi connectivity index (χ2v) is 7.12. The van der Waals surface area contributed by atoms with E-state index in [-0.39, 0.29) is 6.10 Å². The number of likely N-dealkylation sites (N-methyl/N-ethyl adjacent to an activating group) is 1. The monoisotopic (exact) mass is 275 g/mol. The molecule has 0 radical (unpaired) electrons. The Morgan fingerprint density at radius 2 is 2.00 bits per heavy atom. The molecule has 0 amide bonds. The Morgan fingerprint density at radius 3 is 2.55 bits per heavy atom. The number of aryl methyl sites for hydroxylation is 1. The summed E-state index contributed by atoms with van der Waals surface area (Å²) in [6.45, 7) is 11.3. The van der Waals surface area contributed by atoms with Crippen LogP contribution in [0, 0.1) is 12.3 Å². The Labute approximate surface area is 123 Å². The molecular formula is C18H29NO. The number of ether oxygens (including phenoxy) is 1. The zero-order chi connectivity index (χ0) is 14.9. The van der Waals surface area contributed by atoms with E-state index in [0.29, 0.717) is 17.4 Å². The highest BCUT2D eigenvalue weighted by molar-refractivity contribution is 5.36. The Morgan fingerprint density at radius 1 is 1.30 bits per heavy atom. The molecule has 0 spiro atoms. The van der Waals surface area contributed by atoms with Crippen molar-refractivity contribution in [1.29, 1.82) is 0 Å². The summed E-state index contributed by atoms with van der Waals surface area (Å²) in [7, 11) is 2.04. The maximum absolute atomic E-state index is 6.27. The van der Waals surface area contributed by atoms with Crippen LogP contribution < -0.4 is 10.1 Å². The van der Waals surface area contributed by atoms with E-state index in [2.05, 4.69) is 58.1 Å². The average Bonchev–Trinajstić information content (AvgIpc) is 2.63. The van der Waals surface area contributed by atoms with Crippen molar-refractivity contribution in [2.45, 2.75) is 65.5 Å². The van der Waals surface area contributed by atoms with Gasteiger partial charge in [-0.15, -0.1) is 0 Å². The molecule has 0 bridgehead atoms. The first-order valence-electron chi connectivity index (χ1n) is 7.79. The number of benzene rings is 1. The first-order chi connectivity index (χ1) is 9.35. The van der Waals surface area contributed by atoms with Crippen LogP contribution in [0.4, 0.5) is 0 Å². The van der Waals surface area contributed by atoms with E-state index in [1.807, 2.05) is 7.05 Å². The zero-order valence-corrected chi connectivity index (χ0v) is 13.8. The molecule has 1 aliphatic rings. The lowest BCUT2D eigenvalue weighted by Gasteiger charge is -2.30. The second-order valence-electron chi connectivity index (χ2n) is 7.12. The molecule has 2 unspecified atom stereocenters. The van der Waals surface area contributed by atoms with Gasteiger partial charge in [0.2, 0.25) is 0 Å². The summed E-state index contributed by atoms with van der Waals surface area (Å²) in [6.07, 6.45) is 2.62. The Bertz CT molecular complexity index is 464. The fourth-order valence-corrected chi connectivity index (χ4v) is 3.59. The molecule has 0 aromatic heterocycles. The number of hydrogen-bond donors (Lipinski definition) is 1. The molecule has 112 valence electrons. The van der Waals surface area contributed by atoms with Crippen LogP contribution in [-0.2, 0) is 0 Å². The third kappa shape index (κ3) is 3.01. The van der Waals surface area contributed by atoms with Gasteiger partial charge in [-0.25, -0.2) is 0 Å². The molecule has 1 fully saturated rings. The summed E-state index contributed by atoms with van der Waals surface area (Å²) in [4.78, 5) is 0. The molecule has 0 heterocycles. The molecule has 1 N–H and O–H groups in total. The van der Waals surface area contributed by atoms with Gasteiger partial charge in [0.15, 0.2) is 0 Å². The fraction of sp³-hybridized carbons (Fsp3) is 0.667. The van der Waals surface area contributed by atoms with Gasteiger partial charge in [-0.1, -0.05) is 33.8 Å². The smallest absolute Gasteiger partial charge is 0.120 e. The van der Waals surface area contributed by atoms with Gasteiger partial charge in [-0.2, -0.15) is 0 Å². The number of nitrogens with one attached hydrogen (secondary N) is 1. The van der Waals surface area contributed by atoms with E-state index in [1.54, 1.807) is 0 Å². The van der Waals surface area contributed by atoms with Crippen LogP contribution in [0.5, 0.6) is 5.75 Å². The van der Waals surface area contributed by atoms with Crippen molar-refractivity contribution in [2.75, 3.05) is 7.05 Å². The van der Waals surface area contributed by atoms with Gasteiger partial charge in [-0.05, 0) is 61.4 Å². The van der Waals surface area contributed by atoms with Crippen LogP contribution in [0.3, 0.4) is 0 Å². The lowest BCUT2D eigenvalue weighted by Crippen LogP contribution is -2.44. The van der Waals surface area contributed by atoms with Gasteiger partial charge in [0.05, 0.1) is 0 Å². The minimum Gasteiger partial charge on any atom is -0.489 e. The highest BCUT2D eigenvalue weighted by Crippen LogP contribution is 2.39. The van der Waals surface area contributed by atoms with Crippen LogP contribution in [-0.4, -0.2) is 19.2 Å². The predicted octanol–water partition coefficient (Wildman–Crippen LogP) is 4.27. The summed E-state index contributed by atoms with van der Waals surface area (Å²) in [5.74, 6) is 1.58. The first-order valence-corrected chi connectivity index (χ1v) is 7.79. The molecule has 1 aromatic rings. The second kappa shape index (κ2) is 5.77. The predicted molar refractivity (Wildman–Crippen MR) is 85.5 cm³/mol. The van der Waals surface area contributed by atoms with E-state index in [0.717, 1.165) is 12.2 Å². The molecule has 2 rings (SSSR count). The third-order valence-corrected chi connectivity index (χ3v) is 4.75. The van der Waals surface area contributed by atoms with E-state index < -0.39 is 0 Å². The van der Waals surface area contributed by atoms with E-state index in [1.165, 1.54) is 17.5 Å². The molecule has 2 heteroatoms. The largest absolute Gasteiger partial charge is 0.489 e. The van der Waals surface area contributed by atoms with Crippen LogP contribution in [0.2, 0.25) is 0 Å². The minimum absolute atomic E-state index is 0.277. The van der Waals surface area contributed by atoms with E-state index >= 15 is 0 Å². The molecule has 0 saturated heterocycles. The van der Waals surface area contributed by atoms with Crippen LogP contribution in [0.25, 0.3) is 0 Å². The van der Waals surface area contributed by atoms with Gasteiger partial charge in [0.25, 0.3) is 0 Å². The Hall–Kier alpha value is -1.02. The Balaban J connectivity index is 2.13. The summed E-state index contributed by atoms with van der Waals surface area (Å²) < 4.78 is 6.27. The molecule has 0 aliphatic heterocycles. The summed E-state index contributed by atoms with van der Waals surface area (Å²) in [5, 5.41) is 3.44. The SMILES string of the molecule is CNC1C(Oc2ccc(C(C)C)c(C)c2)CCC1(C)C. The number of rotatable bonds is 4. The van der Waals surface area contributed by atoms with Crippen molar-refractivity contribution in [2.24, 2.45) is 5.41 Å². The fourth-order valence-electron chi connectivity index (χ4n) is 3.59. The molecule has 2 nitrogen and oxygen atoms in total. The van der Waals surface area contributed by atoms with Crippen molar-refractivity contribution in [3.63, 3.8) is 0 Å². The third-order valence-electron chi connectivity index (χ3n) is 4.75. The van der Waals surface area contributed by atoms with Crippen LogP contribution in [0.1, 0.15) is 57.6 Å². The molecule has 2 atom stereocenters. The molecule has 1 aliphatic carbocycles. The van der Waals surface area contributed by atoms with Crippen LogP contribution in [0.15, 0.2) is 18.2 Å². The van der Waals surface area contributed by atoms with Gasteiger partial charge >= 0.3 is 0 Å². The molecule has 1 saturated carbocycles. The van der Waals surface area contributed by atoms with E-state index in [9.17, 15) is 0 Å². The quantitative estimate of drug-likeness (QED) is 0.886. The topological polar surface area (TPSA) is 21.3 Å². The first kappa shape index (κ1) is 15.4. The number of hydrogen-bond acceptors (Lipinski definition) is 2. The van der Waals surface area contributed by atoms with Crippen molar-refractivity contribution >= 4 is 0 Å². The van der Waals surface area contributed by atoms with Crippen LogP contribution >= 0.6 is 0 Å². The maximum atomic E-state index is 6.27. The highest BCUT2D eigenvalue weighted by Gasteiger charge is 2.42. The van der Waals surface area contributed by atoms with Crippen molar-refractivity contribution < 1.29 is 4.74 Å². The molecule has 1 aromatic carbocycles.